The van der Waals surface area contributed by atoms with Gasteiger partial charge in [-0.05, 0) is 42.8 Å². The van der Waals surface area contributed by atoms with Crippen molar-refractivity contribution in [3.05, 3.63) is 65.4 Å². The first-order chi connectivity index (χ1) is 14.5. The van der Waals surface area contributed by atoms with Crippen LogP contribution in [-0.4, -0.2) is 32.8 Å². The molecule has 4 aromatic rings. The molecule has 0 aliphatic heterocycles. The lowest BCUT2D eigenvalue weighted by molar-refractivity contribution is -0.102. The molecule has 0 spiro atoms. The molecule has 2 heterocycles. The molecule has 150 valence electrons. The maximum Gasteiger partial charge on any atom is 0.277 e. The maximum absolute atomic E-state index is 13.1. The molecule has 0 unspecified atom stereocenters. The summed E-state index contributed by atoms with van der Waals surface area (Å²) in [5.41, 5.74) is 9.52. The zero-order valence-corrected chi connectivity index (χ0v) is 16.7. The van der Waals surface area contributed by atoms with Crippen LogP contribution < -0.4 is 5.73 Å². The first-order valence-electron chi connectivity index (χ1n) is 9.45. The normalized spacial score (nSPS) is 11.0. The van der Waals surface area contributed by atoms with Crippen molar-refractivity contribution in [3.8, 4) is 6.07 Å². The minimum atomic E-state index is -0.281. The maximum atomic E-state index is 13.1. The fourth-order valence-electron chi connectivity index (χ4n) is 3.46. The Morgan fingerprint density at radius 1 is 1.23 bits per heavy atom. The summed E-state index contributed by atoms with van der Waals surface area (Å²) < 4.78 is 1.84. The number of fused-ring (bicyclic) bond motifs is 3. The molecule has 0 aliphatic rings. The summed E-state index contributed by atoms with van der Waals surface area (Å²) in [6, 6.07) is 14.4. The summed E-state index contributed by atoms with van der Waals surface area (Å²) in [4.78, 5) is 22.9. The van der Waals surface area contributed by atoms with E-state index in [-0.39, 0.29) is 12.5 Å². The van der Waals surface area contributed by atoms with Gasteiger partial charge in [-0.3, -0.25) is 14.3 Å². The van der Waals surface area contributed by atoms with Crippen LogP contribution in [0.2, 0.25) is 0 Å². The number of nitriles is 1. The Bertz CT molecular complexity index is 1290. The average molecular weight is 400 g/mol. The van der Waals surface area contributed by atoms with Crippen LogP contribution in [0.15, 0.2) is 48.7 Å². The van der Waals surface area contributed by atoms with Crippen molar-refractivity contribution in [1.29, 1.82) is 5.26 Å². The molecule has 2 aromatic heterocycles. The van der Waals surface area contributed by atoms with Crippen LogP contribution in [0.4, 0.5) is 5.82 Å². The first kappa shape index (κ1) is 19.4. The van der Waals surface area contributed by atoms with E-state index in [0.29, 0.717) is 29.0 Å². The fraction of sp³-hybridized carbons (Fsp3) is 0.182. The summed E-state index contributed by atoms with van der Waals surface area (Å²) in [7, 11) is 1.45. The molecule has 0 fully saturated rings. The second-order valence-corrected chi connectivity index (χ2v) is 6.78. The van der Waals surface area contributed by atoms with Crippen LogP contribution in [0, 0.1) is 11.3 Å². The zero-order chi connectivity index (χ0) is 21.3. The van der Waals surface area contributed by atoms with Crippen molar-refractivity contribution in [2.24, 2.45) is 0 Å². The van der Waals surface area contributed by atoms with Gasteiger partial charge in [0, 0.05) is 17.5 Å². The van der Waals surface area contributed by atoms with Crippen LogP contribution in [0.3, 0.4) is 0 Å². The van der Waals surface area contributed by atoms with Crippen molar-refractivity contribution in [2.75, 3.05) is 12.8 Å². The number of hydrogen-bond donors (Lipinski definition) is 1. The molecule has 0 radical (unpaired) electrons. The van der Waals surface area contributed by atoms with Crippen molar-refractivity contribution >= 4 is 33.5 Å². The number of nitrogens with two attached hydrogens (primary N) is 1. The number of aromatic nitrogens is 3. The molecule has 8 nitrogen and oxygen atoms in total. The average Bonchev–Trinajstić information content (AvgIpc) is 3.22. The van der Waals surface area contributed by atoms with Crippen molar-refractivity contribution in [3.63, 3.8) is 0 Å². The van der Waals surface area contributed by atoms with E-state index >= 15 is 0 Å². The number of carbonyl (C=O) groups is 1. The second-order valence-electron chi connectivity index (χ2n) is 6.78. The number of nitrogen functional groups attached to an aromatic ring is 1. The van der Waals surface area contributed by atoms with E-state index in [1.54, 1.807) is 48.7 Å². The van der Waals surface area contributed by atoms with Gasteiger partial charge in [0.1, 0.15) is 5.82 Å². The van der Waals surface area contributed by atoms with Gasteiger partial charge in [-0.25, -0.2) is 10.0 Å². The SMILES string of the molecule is CCn1ncc2c(N)nc3ccc(C(=O)N(Cc4ccc(C#N)cc4)OC)cc3c21. The fourth-order valence-corrected chi connectivity index (χ4v) is 3.46. The topological polar surface area (TPSA) is 110 Å². The van der Waals surface area contributed by atoms with Crippen molar-refractivity contribution < 1.29 is 9.63 Å². The number of hydroxylamine groups is 2. The Labute approximate surface area is 173 Å². The van der Waals surface area contributed by atoms with E-state index in [1.165, 1.54) is 12.2 Å². The molecule has 0 saturated carbocycles. The molecular formula is C22H20N6O2. The van der Waals surface area contributed by atoms with Gasteiger partial charge in [0.25, 0.3) is 5.91 Å². The monoisotopic (exact) mass is 400 g/mol. The highest BCUT2D eigenvalue weighted by Gasteiger charge is 2.19. The zero-order valence-electron chi connectivity index (χ0n) is 16.7. The molecular weight excluding hydrogens is 380 g/mol. The highest BCUT2D eigenvalue weighted by Crippen LogP contribution is 2.29. The van der Waals surface area contributed by atoms with Crippen molar-refractivity contribution in [1.82, 2.24) is 19.8 Å². The largest absolute Gasteiger partial charge is 0.383 e. The predicted octanol–water partition coefficient (Wildman–Crippen LogP) is 3.26. The Morgan fingerprint density at radius 2 is 2.00 bits per heavy atom. The number of aryl methyl sites for hydroxylation is 1. The van der Waals surface area contributed by atoms with E-state index in [2.05, 4.69) is 16.2 Å². The number of benzene rings is 2. The molecule has 2 aromatic carbocycles. The predicted molar refractivity (Wildman–Crippen MR) is 113 cm³/mol. The smallest absolute Gasteiger partial charge is 0.277 e. The first-order valence-corrected chi connectivity index (χ1v) is 9.45. The Hall–Kier alpha value is -3.96. The molecule has 0 saturated heterocycles. The third kappa shape index (κ3) is 3.32. The molecule has 30 heavy (non-hydrogen) atoms. The lowest BCUT2D eigenvalue weighted by atomic mass is 10.1. The van der Waals surface area contributed by atoms with Crippen molar-refractivity contribution in [2.45, 2.75) is 20.0 Å². The van der Waals surface area contributed by atoms with Gasteiger partial charge >= 0.3 is 0 Å². The number of rotatable bonds is 5. The summed E-state index contributed by atoms with van der Waals surface area (Å²) in [6.07, 6.45) is 1.70. The molecule has 0 bridgehead atoms. The van der Waals surface area contributed by atoms with E-state index in [9.17, 15) is 4.79 Å². The molecule has 0 aliphatic carbocycles. The molecule has 2 N–H and O–H groups in total. The quantitative estimate of drug-likeness (QED) is 0.515. The van der Waals surface area contributed by atoms with Gasteiger partial charge in [0.05, 0.1) is 47.9 Å². The van der Waals surface area contributed by atoms with Crippen LogP contribution in [0.1, 0.15) is 28.4 Å². The number of pyridine rings is 1. The lowest BCUT2D eigenvalue weighted by Gasteiger charge is -2.20. The standard InChI is InChI=1S/C22H20N6O2/c1-3-27-20-17-10-16(8-9-19(17)26-21(24)18(20)12-25-27)22(29)28(30-2)13-15-6-4-14(11-23)5-7-15/h4-10,12H,3,13H2,1-2H3,(H2,24,26). The van der Waals surface area contributed by atoms with Crippen LogP contribution >= 0.6 is 0 Å². The van der Waals surface area contributed by atoms with Gasteiger partial charge in [-0.15, -0.1) is 0 Å². The number of hydrogen-bond acceptors (Lipinski definition) is 6. The van der Waals surface area contributed by atoms with Crippen LogP contribution in [-0.2, 0) is 17.9 Å². The summed E-state index contributed by atoms with van der Waals surface area (Å²) in [6.45, 7) is 2.92. The second kappa shape index (κ2) is 7.81. The summed E-state index contributed by atoms with van der Waals surface area (Å²) in [5, 5.41) is 16.2. The Balaban J connectivity index is 1.72. The Morgan fingerprint density at radius 3 is 2.67 bits per heavy atom. The molecule has 8 heteroatoms. The Kier molecular flexibility index (Phi) is 5.04. The van der Waals surface area contributed by atoms with Gasteiger partial charge < -0.3 is 5.73 Å². The number of carbonyl (C=O) groups excluding carboxylic acids is 1. The number of amides is 1. The van der Waals surface area contributed by atoms with E-state index in [0.717, 1.165) is 21.9 Å². The van der Waals surface area contributed by atoms with Gasteiger partial charge in [-0.2, -0.15) is 10.4 Å². The molecule has 1 amide bonds. The highest BCUT2D eigenvalue weighted by molar-refractivity contribution is 6.10. The summed E-state index contributed by atoms with van der Waals surface area (Å²) in [5.74, 6) is 0.131. The van der Waals surface area contributed by atoms with E-state index < -0.39 is 0 Å². The highest BCUT2D eigenvalue weighted by atomic mass is 16.7. The third-order valence-corrected chi connectivity index (χ3v) is 5.01. The van der Waals surface area contributed by atoms with Crippen LogP contribution in [0.5, 0.6) is 0 Å². The minimum Gasteiger partial charge on any atom is -0.383 e. The lowest BCUT2D eigenvalue weighted by Crippen LogP contribution is -2.29. The number of nitrogens with zero attached hydrogens (tertiary/aromatic N) is 5. The van der Waals surface area contributed by atoms with Gasteiger partial charge in [0.15, 0.2) is 0 Å². The van der Waals surface area contributed by atoms with Crippen LogP contribution in [0.25, 0.3) is 21.8 Å². The molecule has 0 atom stereocenters. The van der Waals surface area contributed by atoms with E-state index in [4.69, 9.17) is 15.8 Å². The van der Waals surface area contributed by atoms with Gasteiger partial charge in [0.2, 0.25) is 0 Å². The molecule has 4 rings (SSSR count). The summed E-state index contributed by atoms with van der Waals surface area (Å²) >= 11 is 0. The third-order valence-electron chi connectivity index (χ3n) is 5.01. The minimum absolute atomic E-state index is 0.251. The van der Waals surface area contributed by atoms with Gasteiger partial charge in [-0.1, -0.05) is 12.1 Å². The number of anilines is 1. The van der Waals surface area contributed by atoms with E-state index in [1.807, 2.05) is 11.6 Å².